The van der Waals surface area contributed by atoms with Gasteiger partial charge >= 0.3 is 0 Å². The lowest BCUT2D eigenvalue weighted by atomic mass is 9.89. The van der Waals surface area contributed by atoms with E-state index in [-0.39, 0.29) is 0 Å². The molecule has 3 aromatic heterocycles. The van der Waals surface area contributed by atoms with Crippen LogP contribution in [0.3, 0.4) is 0 Å². The van der Waals surface area contributed by atoms with Crippen LogP contribution in [0.1, 0.15) is 0 Å². The minimum atomic E-state index is 0.561. The van der Waals surface area contributed by atoms with Gasteiger partial charge in [0.25, 0.3) is 0 Å². The van der Waals surface area contributed by atoms with Gasteiger partial charge in [-0.1, -0.05) is 103 Å². The van der Waals surface area contributed by atoms with Gasteiger partial charge in [0.15, 0.2) is 17.5 Å². The summed E-state index contributed by atoms with van der Waals surface area (Å²) in [5, 5.41) is 7.55. The van der Waals surface area contributed by atoms with Crippen LogP contribution in [0.25, 0.3) is 88.7 Å². The zero-order valence-electron chi connectivity index (χ0n) is 25.8. The maximum absolute atomic E-state index is 4.96. The van der Waals surface area contributed by atoms with Crippen molar-refractivity contribution >= 4 is 32.3 Å². The van der Waals surface area contributed by atoms with Gasteiger partial charge in [-0.25, -0.2) is 15.0 Å². The summed E-state index contributed by atoms with van der Waals surface area (Å²) in [6, 6.07) is 49.0. The van der Waals surface area contributed by atoms with Gasteiger partial charge in [-0.3, -0.25) is 9.97 Å². The highest BCUT2D eigenvalue weighted by atomic mass is 15.0. The van der Waals surface area contributed by atoms with Crippen LogP contribution in [0.5, 0.6) is 0 Å². The maximum Gasteiger partial charge on any atom is 0.165 e. The third kappa shape index (κ3) is 4.86. The summed E-state index contributed by atoms with van der Waals surface area (Å²) in [6.07, 6.45) is 7.04. The molecule has 0 fully saturated rings. The Hall–Kier alpha value is -6.59. The van der Waals surface area contributed by atoms with Gasteiger partial charge in [-0.15, -0.1) is 0 Å². The van der Waals surface area contributed by atoms with E-state index < -0.39 is 0 Å². The molecule has 6 aromatic carbocycles. The molecule has 48 heavy (non-hydrogen) atoms. The molecule has 0 atom stereocenters. The van der Waals surface area contributed by atoms with Crippen molar-refractivity contribution in [1.82, 2.24) is 24.9 Å². The summed E-state index contributed by atoms with van der Waals surface area (Å²) in [6.45, 7) is 0. The lowest BCUT2D eigenvalue weighted by Gasteiger charge is -2.15. The molecule has 0 unspecified atom stereocenters. The van der Waals surface area contributed by atoms with E-state index in [0.29, 0.717) is 17.5 Å². The molecule has 0 radical (unpaired) electrons. The second-order valence-corrected chi connectivity index (χ2v) is 11.8. The molecule has 0 saturated carbocycles. The van der Waals surface area contributed by atoms with E-state index in [4.69, 9.17) is 15.0 Å². The summed E-state index contributed by atoms with van der Waals surface area (Å²) in [4.78, 5) is 23.4. The zero-order valence-corrected chi connectivity index (χ0v) is 25.8. The van der Waals surface area contributed by atoms with E-state index in [1.165, 1.54) is 32.3 Å². The van der Waals surface area contributed by atoms with Crippen molar-refractivity contribution in [2.24, 2.45) is 0 Å². The second-order valence-electron chi connectivity index (χ2n) is 11.8. The third-order valence-electron chi connectivity index (χ3n) is 8.89. The van der Waals surface area contributed by atoms with Crippen LogP contribution in [0.15, 0.2) is 164 Å². The van der Waals surface area contributed by atoms with Gasteiger partial charge in [0.05, 0.1) is 0 Å². The molecule has 9 rings (SSSR count). The first-order valence-corrected chi connectivity index (χ1v) is 15.9. The number of hydrogen-bond acceptors (Lipinski definition) is 5. The van der Waals surface area contributed by atoms with E-state index in [9.17, 15) is 0 Å². The normalized spacial score (nSPS) is 11.3. The van der Waals surface area contributed by atoms with Crippen molar-refractivity contribution in [3.8, 4) is 56.4 Å². The minimum Gasteiger partial charge on any atom is -0.264 e. The minimum absolute atomic E-state index is 0.561. The van der Waals surface area contributed by atoms with Crippen molar-refractivity contribution in [2.45, 2.75) is 0 Å². The van der Waals surface area contributed by atoms with Crippen molar-refractivity contribution in [1.29, 1.82) is 0 Å². The highest BCUT2D eigenvalue weighted by molar-refractivity contribution is 6.25. The van der Waals surface area contributed by atoms with Gasteiger partial charge in [0, 0.05) is 41.5 Å². The molecule has 0 saturated heterocycles. The van der Waals surface area contributed by atoms with Gasteiger partial charge in [0.1, 0.15) is 0 Å². The first kappa shape index (κ1) is 27.7. The highest BCUT2D eigenvalue weighted by Gasteiger charge is 2.17. The third-order valence-corrected chi connectivity index (χ3v) is 8.89. The molecule has 224 valence electrons. The average molecular weight is 614 g/mol. The molecule has 5 heteroatoms. The molecular formula is C43H27N5. The van der Waals surface area contributed by atoms with E-state index in [0.717, 1.165) is 38.9 Å². The average Bonchev–Trinajstić information content (AvgIpc) is 3.18. The molecule has 0 spiro atoms. The molecule has 9 aromatic rings. The van der Waals surface area contributed by atoms with E-state index >= 15 is 0 Å². The fourth-order valence-electron chi connectivity index (χ4n) is 6.62. The number of benzene rings is 6. The molecule has 0 aliphatic heterocycles. The molecule has 5 nitrogen and oxygen atoms in total. The van der Waals surface area contributed by atoms with Crippen LogP contribution in [-0.2, 0) is 0 Å². The lowest BCUT2D eigenvalue weighted by molar-refractivity contribution is 1.07. The van der Waals surface area contributed by atoms with Crippen LogP contribution in [-0.4, -0.2) is 24.9 Å². The topological polar surface area (TPSA) is 64.5 Å². The molecule has 0 bridgehead atoms. The number of pyridine rings is 2. The highest BCUT2D eigenvalue weighted by Crippen LogP contribution is 2.40. The SMILES string of the molecule is c1ccc(-c2cc(-c3nc(-c4cccnc4)nc(-c4cccnc4)n3)ccc2-c2ccc3c4ccccc4c4ccccc4c3c2)cc1. The number of aromatic nitrogens is 5. The lowest BCUT2D eigenvalue weighted by Crippen LogP contribution is -2.01. The van der Waals surface area contributed by atoms with Crippen molar-refractivity contribution in [2.75, 3.05) is 0 Å². The maximum atomic E-state index is 4.96. The first-order chi connectivity index (χ1) is 23.8. The summed E-state index contributed by atoms with van der Waals surface area (Å²) in [5.41, 5.74) is 7.04. The van der Waals surface area contributed by atoms with Crippen LogP contribution >= 0.6 is 0 Å². The Kier molecular flexibility index (Phi) is 6.72. The number of nitrogens with zero attached hydrogens (tertiary/aromatic N) is 5. The Bertz CT molecular complexity index is 2510. The summed E-state index contributed by atoms with van der Waals surface area (Å²) in [7, 11) is 0. The van der Waals surface area contributed by atoms with Crippen molar-refractivity contribution in [3.05, 3.63) is 164 Å². The van der Waals surface area contributed by atoms with Crippen LogP contribution in [0.4, 0.5) is 0 Å². The van der Waals surface area contributed by atoms with Gasteiger partial charge in [0.2, 0.25) is 0 Å². The van der Waals surface area contributed by atoms with E-state index in [2.05, 4.69) is 119 Å². The predicted molar refractivity (Wildman–Crippen MR) is 195 cm³/mol. The first-order valence-electron chi connectivity index (χ1n) is 15.9. The molecule has 0 N–H and O–H groups in total. The largest absolute Gasteiger partial charge is 0.264 e. The Balaban J connectivity index is 1.26. The van der Waals surface area contributed by atoms with E-state index in [1.807, 2.05) is 30.3 Å². The van der Waals surface area contributed by atoms with Gasteiger partial charge in [-0.05, 0) is 91.0 Å². The Morgan fingerprint density at radius 2 is 0.771 bits per heavy atom. The molecule has 0 amide bonds. The van der Waals surface area contributed by atoms with Crippen molar-refractivity contribution < 1.29 is 0 Å². The number of fused-ring (bicyclic) bond motifs is 6. The molecule has 0 aliphatic carbocycles. The summed E-state index contributed by atoms with van der Waals surface area (Å²) < 4.78 is 0. The molecule has 0 aliphatic rings. The Morgan fingerprint density at radius 3 is 1.33 bits per heavy atom. The van der Waals surface area contributed by atoms with Crippen LogP contribution in [0, 0.1) is 0 Å². The summed E-state index contributed by atoms with van der Waals surface area (Å²) >= 11 is 0. The Labute approximate surface area is 277 Å². The molecular weight excluding hydrogens is 587 g/mol. The molecule has 3 heterocycles. The second kappa shape index (κ2) is 11.6. The number of rotatable bonds is 5. The smallest absolute Gasteiger partial charge is 0.165 e. The van der Waals surface area contributed by atoms with Crippen LogP contribution in [0.2, 0.25) is 0 Å². The van der Waals surface area contributed by atoms with Crippen LogP contribution < -0.4 is 0 Å². The van der Waals surface area contributed by atoms with Gasteiger partial charge in [-0.2, -0.15) is 0 Å². The fraction of sp³-hybridized carbons (Fsp3) is 0. The summed E-state index contributed by atoms with van der Waals surface area (Å²) in [5.74, 6) is 1.71. The van der Waals surface area contributed by atoms with E-state index in [1.54, 1.807) is 24.8 Å². The van der Waals surface area contributed by atoms with Gasteiger partial charge < -0.3 is 0 Å². The Morgan fingerprint density at radius 1 is 0.292 bits per heavy atom. The zero-order chi connectivity index (χ0) is 31.9. The fourth-order valence-corrected chi connectivity index (χ4v) is 6.62. The standard InChI is InChI=1S/C43H27N5/c1-2-10-28(11-3-1)39-25-30(41-46-42(31-12-8-22-44-26-31)48-43(47-41)32-13-9-23-45-27-32)19-20-33(39)29-18-21-38-36-16-5-4-14-34(36)35-15-6-7-17-37(35)40(38)24-29/h1-27H. The predicted octanol–water partition coefficient (Wildman–Crippen LogP) is 10.5. The number of hydrogen-bond donors (Lipinski definition) is 0. The quantitative estimate of drug-likeness (QED) is 0.181. The monoisotopic (exact) mass is 613 g/mol. The van der Waals surface area contributed by atoms with Crippen molar-refractivity contribution in [3.63, 3.8) is 0 Å².